The summed E-state index contributed by atoms with van der Waals surface area (Å²) < 4.78 is 24.1. The summed E-state index contributed by atoms with van der Waals surface area (Å²) in [6.45, 7) is 1.24. The molecule has 0 saturated carbocycles. The zero-order chi connectivity index (χ0) is 24.0. The highest BCUT2D eigenvalue weighted by molar-refractivity contribution is 7.93. The summed E-state index contributed by atoms with van der Waals surface area (Å²) in [4.78, 5) is 25.1. The van der Waals surface area contributed by atoms with E-state index >= 15 is 0 Å². The van der Waals surface area contributed by atoms with Crippen LogP contribution in [-0.2, 0) is 31.9 Å². The molecule has 34 heavy (non-hydrogen) atoms. The molecule has 0 radical (unpaired) electrons. The first-order chi connectivity index (χ1) is 16.5. The van der Waals surface area contributed by atoms with Gasteiger partial charge in [-0.05, 0) is 46.7 Å². The maximum absolute atomic E-state index is 13.2. The van der Waals surface area contributed by atoms with E-state index in [1.807, 2.05) is 29.6 Å². The minimum Gasteiger partial charge on any atom is -0.611 e. The number of benzene rings is 2. The molecule has 180 valence electrons. The summed E-state index contributed by atoms with van der Waals surface area (Å²) in [5.74, 6) is -0.172. The highest BCUT2D eigenvalue weighted by Gasteiger charge is 2.51. The maximum Gasteiger partial charge on any atom is 0.300 e. The number of hydroxylamine groups is 1. The van der Waals surface area contributed by atoms with Crippen LogP contribution in [0.5, 0.6) is 5.75 Å². The number of thiophene rings is 1. The van der Waals surface area contributed by atoms with Gasteiger partial charge in [-0.1, -0.05) is 18.2 Å². The molecule has 0 bridgehead atoms. The van der Waals surface area contributed by atoms with Gasteiger partial charge < -0.3 is 19.3 Å². The van der Waals surface area contributed by atoms with Crippen molar-refractivity contribution in [1.29, 1.82) is 0 Å². The van der Waals surface area contributed by atoms with Crippen molar-refractivity contribution >= 4 is 44.4 Å². The third-order valence-electron chi connectivity index (χ3n) is 5.81. The van der Waals surface area contributed by atoms with E-state index in [1.54, 1.807) is 41.1 Å². The first-order valence-electron chi connectivity index (χ1n) is 10.9. The molecular formula is C24H26N2O6S2. The molecule has 4 rings (SSSR count). The first kappa shape index (κ1) is 24.5. The fourth-order valence-electron chi connectivity index (χ4n) is 3.95. The monoisotopic (exact) mass is 502 g/mol. The van der Waals surface area contributed by atoms with Gasteiger partial charge in [0.1, 0.15) is 12.4 Å². The lowest BCUT2D eigenvalue weighted by molar-refractivity contribution is -0.134. The Labute approximate surface area is 204 Å². The average molecular weight is 503 g/mol. The van der Waals surface area contributed by atoms with E-state index in [2.05, 4.69) is 5.32 Å². The smallest absolute Gasteiger partial charge is 0.300 e. The van der Waals surface area contributed by atoms with E-state index in [9.17, 15) is 14.1 Å². The van der Waals surface area contributed by atoms with E-state index in [0.29, 0.717) is 36.8 Å². The molecule has 3 N–H and O–H groups in total. The molecular weight excluding hydrogens is 476 g/mol. The minimum absolute atomic E-state index is 0.0678. The van der Waals surface area contributed by atoms with Crippen LogP contribution in [0.3, 0.4) is 0 Å². The second-order valence-electron chi connectivity index (χ2n) is 7.92. The maximum atomic E-state index is 13.2. The Morgan fingerprint density at radius 1 is 1.15 bits per heavy atom. The molecule has 0 aliphatic carbocycles. The average Bonchev–Trinajstić information content (AvgIpc) is 3.29. The number of ether oxygens (including phenoxy) is 2. The number of carbonyl (C=O) groups excluding carboxylic acids is 2. The second-order valence-corrected chi connectivity index (χ2v) is 10.6. The Morgan fingerprint density at radius 2 is 1.88 bits per heavy atom. The third kappa shape index (κ3) is 5.37. The van der Waals surface area contributed by atoms with Crippen LogP contribution < -0.4 is 15.5 Å². The molecule has 1 aromatic heterocycles. The van der Waals surface area contributed by atoms with E-state index in [0.717, 1.165) is 15.6 Å². The zero-order valence-corrected chi connectivity index (χ0v) is 20.1. The van der Waals surface area contributed by atoms with Crippen molar-refractivity contribution in [2.45, 2.75) is 28.9 Å². The largest absolute Gasteiger partial charge is 0.611 e. The summed E-state index contributed by atoms with van der Waals surface area (Å²) in [6, 6.07) is 14.7. The first-order valence-corrected chi connectivity index (χ1v) is 13.0. The predicted molar refractivity (Wildman–Crippen MR) is 130 cm³/mol. The second kappa shape index (κ2) is 11.2. The molecule has 1 fully saturated rings. The Morgan fingerprint density at radius 3 is 2.62 bits per heavy atom. The summed E-state index contributed by atoms with van der Waals surface area (Å²) in [5.41, 5.74) is 2.67. The molecule has 3 aromatic rings. The molecule has 1 aliphatic rings. The number of carbonyl (C=O) groups is 2. The molecule has 1 atom stereocenters. The van der Waals surface area contributed by atoms with Crippen molar-refractivity contribution in [1.82, 2.24) is 10.8 Å². The van der Waals surface area contributed by atoms with E-state index in [-0.39, 0.29) is 25.4 Å². The van der Waals surface area contributed by atoms with Crippen LogP contribution in [-0.4, -0.2) is 52.7 Å². The van der Waals surface area contributed by atoms with Gasteiger partial charge in [-0.25, -0.2) is 5.48 Å². The summed E-state index contributed by atoms with van der Waals surface area (Å²) >= 11 is -0.0414. The normalized spacial score (nSPS) is 16.1. The van der Waals surface area contributed by atoms with Crippen molar-refractivity contribution in [3.8, 4) is 5.75 Å². The number of fused-ring (bicyclic) bond motifs is 1. The summed E-state index contributed by atoms with van der Waals surface area (Å²) in [7, 11) is 0. The van der Waals surface area contributed by atoms with Crippen LogP contribution in [0.1, 0.15) is 18.4 Å². The number of rotatable bonds is 9. The number of hydrogen-bond acceptors (Lipinski definition) is 7. The fourth-order valence-corrected chi connectivity index (χ4v) is 6.50. The third-order valence-corrected chi connectivity index (χ3v) is 8.83. The van der Waals surface area contributed by atoms with Crippen LogP contribution in [0.25, 0.3) is 10.1 Å². The van der Waals surface area contributed by atoms with E-state index < -0.39 is 21.8 Å². The van der Waals surface area contributed by atoms with Gasteiger partial charge in [0.25, 0.3) is 5.91 Å². The molecule has 8 nitrogen and oxygen atoms in total. The van der Waals surface area contributed by atoms with Gasteiger partial charge in [0.05, 0.1) is 26.2 Å². The Balaban J connectivity index is 1.26. The van der Waals surface area contributed by atoms with Gasteiger partial charge in [-0.2, -0.15) is 0 Å². The van der Waals surface area contributed by atoms with Gasteiger partial charge in [-0.15, -0.1) is 11.3 Å². The van der Waals surface area contributed by atoms with Crippen LogP contribution in [0, 0.1) is 0 Å². The standard InChI is InChI=1S/C24H26N2O6S2/c27-22(15-17-16-33-21-4-2-1-3-20(17)21)25-11-14-32-18-5-7-19(8-6-18)34(30)24(23(28)26-29)9-12-31-13-10-24/h1-8,16,29H,9-15H2,(H,25,27)(H,26,28). The molecule has 1 aliphatic heterocycles. The highest BCUT2D eigenvalue weighted by Crippen LogP contribution is 2.35. The van der Waals surface area contributed by atoms with Crippen molar-refractivity contribution < 1.29 is 28.8 Å². The van der Waals surface area contributed by atoms with Gasteiger partial charge in [-0.3, -0.25) is 14.8 Å². The Bertz CT molecular complexity index is 1130. The van der Waals surface area contributed by atoms with Crippen LogP contribution in [0.4, 0.5) is 0 Å². The lowest BCUT2D eigenvalue weighted by Crippen LogP contribution is -2.54. The van der Waals surface area contributed by atoms with Gasteiger partial charge in [0.2, 0.25) is 10.7 Å². The lowest BCUT2D eigenvalue weighted by atomic mass is 9.98. The van der Waals surface area contributed by atoms with Gasteiger partial charge in [0.15, 0.2) is 4.90 Å². The molecule has 1 unspecified atom stereocenters. The quantitative estimate of drug-likeness (QED) is 0.179. The van der Waals surface area contributed by atoms with Crippen LogP contribution in [0.2, 0.25) is 0 Å². The van der Waals surface area contributed by atoms with Gasteiger partial charge in [0, 0.05) is 28.7 Å². The van der Waals surface area contributed by atoms with E-state index in [4.69, 9.17) is 14.7 Å². The number of hydrogen-bond donors (Lipinski definition) is 3. The summed E-state index contributed by atoms with van der Waals surface area (Å²) in [5, 5.41) is 15.1. The molecule has 1 saturated heterocycles. The Hall–Kier alpha value is -2.63. The Kier molecular flexibility index (Phi) is 8.07. The predicted octanol–water partition coefficient (Wildman–Crippen LogP) is 2.80. The lowest BCUT2D eigenvalue weighted by Gasteiger charge is -2.35. The molecule has 2 aromatic carbocycles. The van der Waals surface area contributed by atoms with Gasteiger partial charge >= 0.3 is 0 Å². The van der Waals surface area contributed by atoms with Crippen molar-refractivity contribution in [2.75, 3.05) is 26.4 Å². The molecule has 0 spiro atoms. The highest BCUT2D eigenvalue weighted by atomic mass is 32.2. The van der Waals surface area contributed by atoms with Crippen molar-refractivity contribution in [3.63, 3.8) is 0 Å². The number of nitrogens with one attached hydrogen (secondary N) is 2. The summed E-state index contributed by atoms with van der Waals surface area (Å²) in [6.07, 6.45) is 0.828. The van der Waals surface area contributed by atoms with Crippen molar-refractivity contribution in [2.24, 2.45) is 0 Å². The molecule has 10 heteroatoms. The fraction of sp³-hybridized carbons (Fsp3) is 0.333. The SMILES string of the molecule is O=C(Cc1csc2ccccc12)NCCOc1ccc([S+]([O-])C2(C(=O)NO)CCOCC2)cc1. The van der Waals surface area contributed by atoms with E-state index in [1.165, 1.54) is 0 Å². The minimum atomic E-state index is -1.67. The topological polar surface area (TPSA) is 120 Å². The molecule has 2 amide bonds. The number of amides is 2. The van der Waals surface area contributed by atoms with Crippen LogP contribution >= 0.6 is 11.3 Å². The van der Waals surface area contributed by atoms with Crippen LogP contribution in [0.15, 0.2) is 58.8 Å². The van der Waals surface area contributed by atoms with Crippen molar-refractivity contribution in [3.05, 3.63) is 59.5 Å². The molecule has 2 heterocycles. The zero-order valence-electron chi connectivity index (χ0n) is 18.5.